The van der Waals surface area contributed by atoms with Crippen molar-refractivity contribution in [2.75, 3.05) is 19.8 Å². The van der Waals surface area contributed by atoms with Crippen LogP contribution in [-0.2, 0) is 14.3 Å². The molecular formula is C22H30N2O4. The zero-order chi connectivity index (χ0) is 19.7. The van der Waals surface area contributed by atoms with Gasteiger partial charge >= 0.3 is 0 Å². The largest absolute Gasteiger partial charge is 0.388 e. The van der Waals surface area contributed by atoms with E-state index in [1.54, 1.807) is 6.92 Å². The summed E-state index contributed by atoms with van der Waals surface area (Å²) < 4.78 is 5.42. The molecule has 6 heteroatoms. The summed E-state index contributed by atoms with van der Waals surface area (Å²) in [4.78, 5) is 27.9. The molecule has 0 unspecified atom stereocenters. The monoisotopic (exact) mass is 386 g/mol. The van der Waals surface area contributed by atoms with E-state index in [4.69, 9.17) is 4.74 Å². The quantitative estimate of drug-likeness (QED) is 0.830. The maximum Gasteiger partial charge on any atom is 0.226 e. The zero-order valence-corrected chi connectivity index (χ0v) is 16.5. The first kappa shape index (κ1) is 19.4. The molecule has 28 heavy (non-hydrogen) atoms. The lowest BCUT2D eigenvalue weighted by Crippen LogP contribution is -2.64. The summed E-state index contributed by atoms with van der Waals surface area (Å²) in [5.74, 6) is 0.0986. The van der Waals surface area contributed by atoms with Crippen LogP contribution in [0.15, 0.2) is 30.3 Å². The number of nitrogens with one attached hydrogen (secondary N) is 1. The van der Waals surface area contributed by atoms with Gasteiger partial charge in [-0.25, -0.2) is 0 Å². The average Bonchev–Trinajstić information content (AvgIpc) is 3.55. The van der Waals surface area contributed by atoms with Crippen LogP contribution >= 0.6 is 0 Å². The molecule has 6 nitrogen and oxygen atoms in total. The van der Waals surface area contributed by atoms with Gasteiger partial charge in [0.05, 0.1) is 17.7 Å². The van der Waals surface area contributed by atoms with Gasteiger partial charge in [0.25, 0.3) is 0 Å². The van der Waals surface area contributed by atoms with Crippen molar-refractivity contribution in [1.29, 1.82) is 0 Å². The molecule has 1 aromatic rings. The molecule has 1 saturated carbocycles. The van der Waals surface area contributed by atoms with E-state index >= 15 is 0 Å². The molecule has 2 aliphatic heterocycles. The number of carbonyl (C=O) groups excluding carboxylic acids is 2. The fourth-order valence-electron chi connectivity index (χ4n) is 4.46. The summed E-state index contributed by atoms with van der Waals surface area (Å²) in [6.45, 7) is 3.48. The van der Waals surface area contributed by atoms with E-state index < -0.39 is 11.6 Å². The van der Waals surface area contributed by atoms with Gasteiger partial charge in [-0.15, -0.1) is 0 Å². The Kier molecular flexibility index (Phi) is 5.43. The third-order valence-electron chi connectivity index (χ3n) is 6.42. The predicted molar refractivity (Wildman–Crippen MR) is 104 cm³/mol. The summed E-state index contributed by atoms with van der Waals surface area (Å²) in [7, 11) is 0. The van der Waals surface area contributed by atoms with Crippen LogP contribution in [0.2, 0.25) is 0 Å². The Bertz CT molecular complexity index is 711. The second kappa shape index (κ2) is 7.84. The van der Waals surface area contributed by atoms with Crippen LogP contribution in [0, 0.1) is 11.8 Å². The van der Waals surface area contributed by atoms with Gasteiger partial charge in [-0.05, 0) is 44.6 Å². The van der Waals surface area contributed by atoms with Crippen molar-refractivity contribution in [3.05, 3.63) is 35.9 Å². The van der Waals surface area contributed by atoms with Crippen molar-refractivity contribution in [3.8, 4) is 0 Å². The van der Waals surface area contributed by atoms with Gasteiger partial charge in [0.2, 0.25) is 11.8 Å². The first-order valence-electron chi connectivity index (χ1n) is 10.4. The lowest BCUT2D eigenvalue weighted by molar-refractivity contribution is -0.152. The van der Waals surface area contributed by atoms with Gasteiger partial charge in [-0.1, -0.05) is 30.3 Å². The molecule has 2 amide bonds. The van der Waals surface area contributed by atoms with E-state index in [-0.39, 0.29) is 29.7 Å². The fourth-order valence-corrected chi connectivity index (χ4v) is 4.46. The number of rotatable bonds is 4. The maximum absolute atomic E-state index is 13.4. The first-order chi connectivity index (χ1) is 13.5. The minimum atomic E-state index is -1.07. The molecule has 4 rings (SSSR count). The minimum absolute atomic E-state index is 0.00780. The van der Waals surface area contributed by atoms with Crippen LogP contribution in [0.3, 0.4) is 0 Å². The number of amides is 2. The van der Waals surface area contributed by atoms with Gasteiger partial charge in [0.1, 0.15) is 0 Å². The lowest BCUT2D eigenvalue weighted by Gasteiger charge is -2.50. The molecule has 0 bridgehead atoms. The Hall–Kier alpha value is -1.92. The lowest BCUT2D eigenvalue weighted by atomic mass is 9.78. The molecular weight excluding hydrogens is 356 g/mol. The molecule has 0 spiro atoms. The number of benzene rings is 1. The number of ether oxygens (including phenoxy) is 1. The van der Waals surface area contributed by atoms with Crippen LogP contribution in [-0.4, -0.2) is 53.2 Å². The second-order valence-electron chi connectivity index (χ2n) is 8.64. The average molecular weight is 386 g/mol. The Balaban J connectivity index is 1.66. The summed E-state index contributed by atoms with van der Waals surface area (Å²) in [6.07, 6.45) is 3.71. The smallest absolute Gasteiger partial charge is 0.226 e. The van der Waals surface area contributed by atoms with Gasteiger partial charge in [0, 0.05) is 31.6 Å². The molecule has 1 aliphatic carbocycles. The number of aliphatic hydroxyl groups is 1. The van der Waals surface area contributed by atoms with Gasteiger partial charge in [-0.3, -0.25) is 9.59 Å². The van der Waals surface area contributed by atoms with Gasteiger partial charge in [-0.2, -0.15) is 0 Å². The highest BCUT2D eigenvalue weighted by molar-refractivity contribution is 5.82. The number of hydrogen-bond acceptors (Lipinski definition) is 4. The fraction of sp³-hybridized carbons (Fsp3) is 0.636. The summed E-state index contributed by atoms with van der Waals surface area (Å²) in [5.41, 5.74) is -0.124. The number of piperidine rings is 1. The van der Waals surface area contributed by atoms with Crippen molar-refractivity contribution in [2.24, 2.45) is 11.8 Å². The van der Waals surface area contributed by atoms with Gasteiger partial charge < -0.3 is 20.1 Å². The molecule has 2 N–H and O–H groups in total. The highest BCUT2D eigenvalue weighted by atomic mass is 16.5. The van der Waals surface area contributed by atoms with Crippen LogP contribution < -0.4 is 5.32 Å². The summed E-state index contributed by atoms with van der Waals surface area (Å²) in [6, 6.07) is 8.88. The molecule has 0 aromatic heterocycles. The third kappa shape index (κ3) is 3.94. The van der Waals surface area contributed by atoms with E-state index in [9.17, 15) is 14.7 Å². The van der Waals surface area contributed by atoms with E-state index in [1.807, 2.05) is 35.2 Å². The van der Waals surface area contributed by atoms with Crippen LogP contribution in [0.1, 0.15) is 50.6 Å². The predicted octanol–water partition coefficient (Wildman–Crippen LogP) is 2.03. The Morgan fingerprint density at radius 2 is 1.79 bits per heavy atom. The molecule has 152 valence electrons. The summed E-state index contributed by atoms with van der Waals surface area (Å²) in [5, 5.41) is 14.3. The molecule has 3 aliphatic rings. The Labute approximate surface area is 166 Å². The van der Waals surface area contributed by atoms with Crippen LogP contribution in [0.5, 0.6) is 0 Å². The Morgan fingerprint density at radius 1 is 1.11 bits per heavy atom. The number of carbonyl (C=O) groups is 2. The van der Waals surface area contributed by atoms with Crippen LogP contribution in [0.25, 0.3) is 0 Å². The second-order valence-corrected chi connectivity index (χ2v) is 8.64. The molecule has 3 atom stereocenters. The standard InChI is InChI=1S/C22H30N2O4/c1-22(27)11-12-24(21(26)17-9-13-28-14-10-17)18(15-5-3-2-4-6-15)19(22)23-20(25)16-7-8-16/h2-6,16-19,27H,7-14H2,1H3,(H,23,25)/t18-,19-,22+/m0/s1. The van der Waals surface area contributed by atoms with Crippen molar-refractivity contribution in [2.45, 2.75) is 56.7 Å². The third-order valence-corrected chi connectivity index (χ3v) is 6.42. The van der Waals surface area contributed by atoms with E-state index in [1.165, 1.54) is 0 Å². The normalized spacial score (nSPS) is 31.4. The van der Waals surface area contributed by atoms with Gasteiger partial charge in [0.15, 0.2) is 0 Å². The number of nitrogens with zero attached hydrogens (tertiary/aromatic N) is 1. The molecule has 0 radical (unpaired) electrons. The number of likely N-dealkylation sites (tertiary alicyclic amines) is 1. The molecule has 1 aromatic carbocycles. The van der Waals surface area contributed by atoms with E-state index in [0.717, 1.165) is 31.2 Å². The first-order valence-corrected chi connectivity index (χ1v) is 10.4. The highest BCUT2D eigenvalue weighted by Crippen LogP contribution is 2.39. The summed E-state index contributed by atoms with van der Waals surface area (Å²) >= 11 is 0. The molecule has 2 saturated heterocycles. The topological polar surface area (TPSA) is 78.9 Å². The van der Waals surface area contributed by atoms with Crippen molar-refractivity contribution < 1.29 is 19.4 Å². The minimum Gasteiger partial charge on any atom is -0.388 e. The number of hydrogen-bond donors (Lipinski definition) is 2. The molecule has 3 fully saturated rings. The van der Waals surface area contributed by atoms with Crippen LogP contribution in [0.4, 0.5) is 0 Å². The van der Waals surface area contributed by atoms with Crippen molar-refractivity contribution in [3.63, 3.8) is 0 Å². The molecule has 2 heterocycles. The maximum atomic E-state index is 13.4. The Morgan fingerprint density at radius 3 is 2.43 bits per heavy atom. The van der Waals surface area contributed by atoms with Crippen molar-refractivity contribution in [1.82, 2.24) is 10.2 Å². The van der Waals surface area contributed by atoms with Crippen molar-refractivity contribution >= 4 is 11.8 Å². The van der Waals surface area contributed by atoms with E-state index in [2.05, 4.69) is 5.32 Å². The van der Waals surface area contributed by atoms with E-state index in [0.29, 0.717) is 26.2 Å². The highest BCUT2D eigenvalue weighted by Gasteiger charge is 2.49. The SMILES string of the molecule is C[C@@]1(O)CCN(C(=O)C2CCOCC2)[C@@H](c2ccccc2)[C@@H]1NC(=O)C1CC1. The zero-order valence-electron chi connectivity index (χ0n) is 16.5.